The van der Waals surface area contributed by atoms with E-state index in [1.54, 1.807) is 0 Å². The van der Waals surface area contributed by atoms with E-state index in [9.17, 15) is 15.0 Å². The van der Waals surface area contributed by atoms with Crippen LogP contribution in [0.5, 0.6) is 0 Å². The van der Waals surface area contributed by atoms with E-state index in [-0.39, 0.29) is 24.7 Å². The first-order valence-electron chi connectivity index (χ1n) is 11.3. The van der Waals surface area contributed by atoms with E-state index in [0.717, 1.165) is 35.1 Å². The van der Waals surface area contributed by atoms with Gasteiger partial charge in [-0.2, -0.15) is 0 Å². The van der Waals surface area contributed by atoms with Crippen LogP contribution in [0, 0.1) is 13.8 Å². The summed E-state index contributed by atoms with van der Waals surface area (Å²) in [4.78, 5) is 23.7. The van der Waals surface area contributed by atoms with E-state index in [1.807, 2.05) is 69.3 Å². The largest absolute Gasteiger partial charge is 0.449 e. The summed E-state index contributed by atoms with van der Waals surface area (Å²) in [6.07, 6.45) is -1.43. The van der Waals surface area contributed by atoms with Gasteiger partial charge in [0.2, 0.25) is 0 Å². The Morgan fingerprint density at radius 3 is 2.06 bits per heavy atom. The molecule has 2 atom stereocenters. The second kappa shape index (κ2) is 9.68. The van der Waals surface area contributed by atoms with Crippen molar-refractivity contribution >= 4 is 11.9 Å². The molecule has 0 radical (unpaired) electrons. The number of unbranched alkanes of at least 4 members (excludes halogenated alkanes) is 1. The third kappa shape index (κ3) is 4.74. The second-order valence-corrected chi connectivity index (χ2v) is 8.45. The quantitative estimate of drug-likeness (QED) is 0.556. The number of hydrogen-bond donors (Lipinski definition) is 2. The minimum absolute atomic E-state index is 0.120. The number of anilines is 1. The smallest absolute Gasteiger partial charge is 0.415 e. The maximum Gasteiger partial charge on any atom is 0.415 e. The normalized spacial score (nSPS) is 17.5. The Labute approximate surface area is 193 Å². The van der Waals surface area contributed by atoms with Crippen LogP contribution in [0.1, 0.15) is 42.7 Å². The fourth-order valence-corrected chi connectivity index (χ4v) is 3.76. The number of aliphatic hydroxyl groups is 2. The molecule has 2 N–H and O–H groups in total. The topological polar surface area (TPSA) is 95.8 Å². The van der Waals surface area contributed by atoms with Gasteiger partial charge in [-0.15, -0.1) is 0 Å². The Morgan fingerprint density at radius 2 is 1.52 bits per heavy atom. The summed E-state index contributed by atoms with van der Waals surface area (Å²) >= 11 is 0. The Kier molecular flexibility index (Phi) is 6.72. The lowest BCUT2D eigenvalue weighted by atomic mass is 9.99. The van der Waals surface area contributed by atoms with Crippen LogP contribution in [0.15, 0.2) is 48.5 Å². The first kappa shape index (κ1) is 22.9. The van der Waals surface area contributed by atoms with Crippen LogP contribution < -0.4 is 4.90 Å². The molecule has 0 fully saturated rings. The van der Waals surface area contributed by atoms with Gasteiger partial charge in [-0.25, -0.2) is 14.8 Å². The summed E-state index contributed by atoms with van der Waals surface area (Å²) in [6.45, 7) is 6.18. The monoisotopic (exact) mass is 447 g/mol. The van der Waals surface area contributed by atoms with Crippen molar-refractivity contribution in [2.45, 2.75) is 45.8 Å². The molecule has 2 heterocycles. The highest BCUT2D eigenvalue weighted by atomic mass is 16.6. The van der Waals surface area contributed by atoms with E-state index in [2.05, 4.69) is 0 Å². The fourth-order valence-electron chi connectivity index (χ4n) is 3.76. The van der Waals surface area contributed by atoms with Crippen molar-refractivity contribution in [3.05, 3.63) is 65.4 Å². The predicted molar refractivity (Wildman–Crippen MR) is 127 cm³/mol. The number of fused-ring (bicyclic) bond motifs is 1. The number of nitrogens with zero attached hydrogens (tertiary/aromatic N) is 3. The van der Waals surface area contributed by atoms with Gasteiger partial charge in [-0.05, 0) is 20.3 Å². The van der Waals surface area contributed by atoms with Crippen LogP contribution in [0.2, 0.25) is 0 Å². The molecule has 172 valence electrons. The van der Waals surface area contributed by atoms with E-state index in [1.165, 1.54) is 4.90 Å². The number of ether oxygens (including phenoxy) is 1. The molecule has 4 rings (SSSR count). The number of carbonyl (C=O) groups excluding carboxylic acids is 1. The number of hydrogen-bond acceptors (Lipinski definition) is 6. The highest BCUT2D eigenvalue weighted by Gasteiger charge is 2.38. The number of benzene rings is 2. The maximum atomic E-state index is 12.8. The minimum atomic E-state index is -1.26. The Bertz CT molecular complexity index is 1130. The molecule has 33 heavy (non-hydrogen) atoms. The molecule has 3 aromatic rings. The molecule has 0 aliphatic carbocycles. The van der Waals surface area contributed by atoms with Crippen molar-refractivity contribution in [1.82, 2.24) is 9.97 Å². The maximum absolute atomic E-state index is 12.8. The van der Waals surface area contributed by atoms with E-state index < -0.39 is 18.3 Å². The van der Waals surface area contributed by atoms with Crippen molar-refractivity contribution in [3.8, 4) is 22.5 Å². The van der Waals surface area contributed by atoms with Crippen LogP contribution in [0.4, 0.5) is 10.6 Å². The lowest BCUT2D eigenvalue weighted by molar-refractivity contribution is 0.0143. The van der Waals surface area contributed by atoms with Gasteiger partial charge in [-0.1, -0.05) is 73.0 Å². The lowest BCUT2D eigenvalue weighted by Gasteiger charge is -2.33. The number of carbonyl (C=O) groups is 1. The Morgan fingerprint density at radius 1 is 0.970 bits per heavy atom. The van der Waals surface area contributed by atoms with E-state index in [4.69, 9.17) is 14.7 Å². The van der Waals surface area contributed by atoms with Gasteiger partial charge in [-0.3, -0.25) is 4.90 Å². The fraction of sp³-hybridized carbons (Fsp3) is 0.346. The predicted octanol–water partition coefficient (Wildman–Crippen LogP) is 4.58. The molecular formula is C26H29N3O4. The number of aryl methyl sites for hydroxylation is 2. The molecule has 1 aromatic heterocycles. The molecule has 2 unspecified atom stereocenters. The number of β-amino-alcohol motifs (C(OH)–C–C–N with tert-alkyl or cyclic N) is 1. The molecule has 0 bridgehead atoms. The van der Waals surface area contributed by atoms with E-state index >= 15 is 0 Å². The van der Waals surface area contributed by atoms with Crippen molar-refractivity contribution in [3.63, 3.8) is 0 Å². The molecule has 1 aliphatic rings. The van der Waals surface area contributed by atoms with Crippen LogP contribution in [0.3, 0.4) is 0 Å². The van der Waals surface area contributed by atoms with Crippen LogP contribution in [0.25, 0.3) is 22.5 Å². The first-order valence-corrected chi connectivity index (χ1v) is 11.3. The standard InChI is InChI=1S/C26H29N3O4/c1-4-5-14-33-26(32)29-15-20(30)24(31)23-25(29)28-22(19-12-8-17(3)9-13-19)21(27-23)18-10-6-16(2)7-11-18/h6-13,20,24,30-31H,4-5,14-15H2,1-3H3. The molecule has 7 heteroatoms. The van der Waals surface area contributed by atoms with Gasteiger partial charge < -0.3 is 14.9 Å². The molecule has 0 spiro atoms. The number of aliphatic hydroxyl groups excluding tert-OH is 2. The zero-order valence-electron chi connectivity index (χ0n) is 19.2. The van der Waals surface area contributed by atoms with Gasteiger partial charge in [0.15, 0.2) is 5.82 Å². The van der Waals surface area contributed by atoms with Crippen molar-refractivity contribution < 1.29 is 19.7 Å². The summed E-state index contributed by atoms with van der Waals surface area (Å²) in [7, 11) is 0. The molecule has 1 aliphatic heterocycles. The molecule has 1 amide bonds. The average Bonchev–Trinajstić information content (AvgIpc) is 2.82. The molecule has 0 saturated carbocycles. The number of amides is 1. The SMILES string of the molecule is CCCCOC(=O)N1CC(O)C(O)c2nc(-c3ccc(C)cc3)c(-c3ccc(C)cc3)nc21. The van der Waals surface area contributed by atoms with Gasteiger partial charge in [0.1, 0.15) is 17.9 Å². The summed E-state index contributed by atoms with van der Waals surface area (Å²) in [6, 6.07) is 15.8. The molecular weight excluding hydrogens is 418 g/mol. The second-order valence-electron chi connectivity index (χ2n) is 8.45. The van der Waals surface area contributed by atoms with Crippen LogP contribution in [-0.4, -0.2) is 45.5 Å². The molecule has 2 aromatic carbocycles. The van der Waals surface area contributed by atoms with Gasteiger partial charge >= 0.3 is 6.09 Å². The minimum Gasteiger partial charge on any atom is -0.449 e. The zero-order chi connectivity index (χ0) is 23.5. The van der Waals surface area contributed by atoms with E-state index in [0.29, 0.717) is 11.4 Å². The number of rotatable bonds is 5. The Balaban J connectivity index is 1.88. The lowest BCUT2D eigenvalue weighted by Crippen LogP contribution is -2.46. The highest BCUT2D eigenvalue weighted by Crippen LogP contribution is 2.38. The molecule has 0 saturated heterocycles. The van der Waals surface area contributed by atoms with Gasteiger partial charge in [0.05, 0.1) is 24.5 Å². The highest BCUT2D eigenvalue weighted by molar-refractivity contribution is 5.90. The average molecular weight is 448 g/mol. The summed E-state index contributed by atoms with van der Waals surface area (Å²) in [5.41, 5.74) is 5.21. The number of aromatic nitrogens is 2. The van der Waals surface area contributed by atoms with Crippen LogP contribution in [-0.2, 0) is 4.74 Å². The van der Waals surface area contributed by atoms with Crippen molar-refractivity contribution in [2.75, 3.05) is 18.1 Å². The summed E-state index contributed by atoms with van der Waals surface area (Å²) in [5.74, 6) is 0.209. The summed E-state index contributed by atoms with van der Waals surface area (Å²) < 4.78 is 5.38. The Hall–Kier alpha value is -3.29. The third-order valence-corrected chi connectivity index (χ3v) is 5.77. The van der Waals surface area contributed by atoms with Crippen molar-refractivity contribution in [1.29, 1.82) is 0 Å². The zero-order valence-corrected chi connectivity index (χ0v) is 19.2. The van der Waals surface area contributed by atoms with Gasteiger partial charge in [0.25, 0.3) is 0 Å². The van der Waals surface area contributed by atoms with Gasteiger partial charge in [0, 0.05) is 11.1 Å². The molecule has 7 nitrogen and oxygen atoms in total. The van der Waals surface area contributed by atoms with Crippen LogP contribution >= 0.6 is 0 Å². The third-order valence-electron chi connectivity index (χ3n) is 5.77. The summed E-state index contributed by atoms with van der Waals surface area (Å²) in [5, 5.41) is 21.2. The first-order chi connectivity index (χ1) is 15.9. The van der Waals surface area contributed by atoms with Crippen molar-refractivity contribution in [2.24, 2.45) is 0 Å².